The molecule has 0 saturated heterocycles. The number of hydrogen-bond acceptors (Lipinski definition) is 2. The number of thiophene rings is 1. The molecule has 2 aromatic rings. The number of hydrogen-bond donors (Lipinski definition) is 1. The Balaban J connectivity index is 2.42. The molecule has 0 aliphatic heterocycles. The molecule has 1 unspecified atom stereocenters. The molecule has 2 rings (SSSR count). The predicted molar refractivity (Wildman–Crippen MR) is 90.0 cm³/mol. The van der Waals surface area contributed by atoms with Crippen molar-refractivity contribution in [1.29, 1.82) is 0 Å². The van der Waals surface area contributed by atoms with Crippen LogP contribution in [0.2, 0.25) is 5.02 Å². The highest BCUT2D eigenvalue weighted by Gasteiger charge is 2.18. The number of nitrogens with one attached hydrogen (secondary N) is 1. The minimum absolute atomic E-state index is 0.198. The van der Waals surface area contributed by atoms with Crippen molar-refractivity contribution in [3.63, 3.8) is 0 Å². The SMILES string of the molecule is CCNC(c1ccc(CC)c(CC)c1)c1sccc1Cl. The molecular formula is C17H22ClNS. The maximum Gasteiger partial charge on any atom is 0.0686 e. The molecule has 0 aliphatic rings. The second kappa shape index (κ2) is 7.26. The fourth-order valence-electron chi connectivity index (χ4n) is 2.58. The van der Waals surface area contributed by atoms with Gasteiger partial charge in [-0.2, -0.15) is 0 Å². The zero-order chi connectivity index (χ0) is 14.5. The highest BCUT2D eigenvalue weighted by Crippen LogP contribution is 2.33. The fourth-order valence-corrected chi connectivity index (χ4v) is 3.84. The van der Waals surface area contributed by atoms with Gasteiger partial charge >= 0.3 is 0 Å². The first kappa shape index (κ1) is 15.6. The monoisotopic (exact) mass is 307 g/mol. The van der Waals surface area contributed by atoms with Crippen LogP contribution in [0.25, 0.3) is 0 Å². The third kappa shape index (κ3) is 3.25. The van der Waals surface area contributed by atoms with E-state index in [-0.39, 0.29) is 6.04 Å². The third-order valence-electron chi connectivity index (χ3n) is 3.64. The van der Waals surface area contributed by atoms with Gasteiger partial charge in [-0.25, -0.2) is 0 Å². The first-order valence-electron chi connectivity index (χ1n) is 7.29. The summed E-state index contributed by atoms with van der Waals surface area (Å²) in [6.45, 7) is 7.50. The molecule has 1 aromatic carbocycles. The van der Waals surface area contributed by atoms with Crippen molar-refractivity contribution in [2.24, 2.45) is 0 Å². The molecule has 1 nitrogen and oxygen atoms in total. The van der Waals surface area contributed by atoms with Crippen LogP contribution < -0.4 is 5.32 Å². The van der Waals surface area contributed by atoms with Gasteiger partial charge in [0.15, 0.2) is 0 Å². The average Bonchev–Trinajstić information content (AvgIpc) is 2.90. The van der Waals surface area contributed by atoms with Gasteiger partial charge in [-0.05, 0) is 47.5 Å². The standard InChI is InChI=1S/C17H22ClNS/c1-4-12-7-8-14(11-13(12)5-2)16(19-6-3)17-15(18)9-10-20-17/h7-11,16,19H,4-6H2,1-3H3. The van der Waals surface area contributed by atoms with Gasteiger partial charge in [-0.1, -0.05) is 50.6 Å². The van der Waals surface area contributed by atoms with E-state index in [1.165, 1.54) is 21.6 Å². The van der Waals surface area contributed by atoms with Crippen LogP contribution in [0.4, 0.5) is 0 Å². The Morgan fingerprint density at radius 1 is 1.10 bits per heavy atom. The molecule has 20 heavy (non-hydrogen) atoms. The molecule has 0 amide bonds. The molecule has 1 heterocycles. The van der Waals surface area contributed by atoms with Crippen molar-refractivity contribution in [2.75, 3.05) is 6.54 Å². The van der Waals surface area contributed by atoms with Gasteiger partial charge < -0.3 is 5.32 Å². The lowest BCUT2D eigenvalue weighted by Gasteiger charge is -2.19. The summed E-state index contributed by atoms with van der Waals surface area (Å²) < 4.78 is 0. The van der Waals surface area contributed by atoms with Crippen molar-refractivity contribution in [3.8, 4) is 0 Å². The van der Waals surface area contributed by atoms with E-state index in [0.717, 1.165) is 24.4 Å². The summed E-state index contributed by atoms with van der Waals surface area (Å²) in [5, 5.41) is 6.48. The summed E-state index contributed by atoms with van der Waals surface area (Å²) in [5.41, 5.74) is 4.20. The van der Waals surface area contributed by atoms with E-state index in [2.05, 4.69) is 49.7 Å². The second-order valence-electron chi connectivity index (χ2n) is 4.86. The number of benzene rings is 1. The normalized spacial score (nSPS) is 12.6. The van der Waals surface area contributed by atoms with Gasteiger partial charge in [0, 0.05) is 4.88 Å². The molecule has 1 atom stereocenters. The summed E-state index contributed by atoms with van der Waals surface area (Å²) >= 11 is 8.04. The highest BCUT2D eigenvalue weighted by atomic mass is 35.5. The largest absolute Gasteiger partial charge is 0.306 e. The van der Waals surface area contributed by atoms with Gasteiger partial charge in [0.05, 0.1) is 11.1 Å². The molecule has 0 radical (unpaired) electrons. The lowest BCUT2D eigenvalue weighted by Crippen LogP contribution is -2.21. The fraction of sp³-hybridized carbons (Fsp3) is 0.412. The Morgan fingerprint density at radius 2 is 1.85 bits per heavy atom. The van der Waals surface area contributed by atoms with Crippen LogP contribution in [0, 0.1) is 0 Å². The Hall–Kier alpha value is -0.830. The summed E-state index contributed by atoms with van der Waals surface area (Å²) in [6.07, 6.45) is 2.17. The molecular weight excluding hydrogens is 286 g/mol. The Bertz CT molecular complexity index is 562. The first-order valence-corrected chi connectivity index (χ1v) is 8.54. The van der Waals surface area contributed by atoms with Crippen molar-refractivity contribution < 1.29 is 0 Å². The smallest absolute Gasteiger partial charge is 0.0686 e. The van der Waals surface area contributed by atoms with E-state index in [0.29, 0.717) is 0 Å². The van der Waals surface area contributed by atoms with Crippen LogP contribution in [0.3, 0.4) is 0 Å². The molecule has 1 N–H and O–H groups in total. The first-order chi connectivity index (χ1) is 9.71. The molecule has 0 aliphatic carbocycles. The van der Waals surface area contributed by atoms with Gasteiger partial charge in [0.2, 0.25) is 0 Å². The van der Waals surface area contributed by atoms with Crippen molar-refractivity contribution in [2.45, 2.75) is 39.7 Å². The molecule has 108 valence electrons. The van der Waals surface area contributed by atoms with E-state index in [4.69, 9.17) is 11.6 Å². The number of aryl methyl sites for hydroxylation is 2. The molecule has 0 saturated carbocycles. The average molecular weight is 308 g/mol. The van der Waals surface area contributed by atoms with Crippen LogP contribution in [0.15, 0.2) is 29.6 Å². The summed E-state index contributed by atoms with van der Waals surface area (Å²) in [7, 11) is 0. The van der Waals surface area contributed by atoms with Crippen LogP contribution in [0.1, 0.15) is 48.4 Å². The van der Waals surface area contributed by atoms with Crippen LogP contribution in [-0.2, 0) is 12.8 Å². The van der Waals surface area contributed by atoms with E-state index < -0.39 is 0 Å². The Morgan fingerprint density at radius 3 is 2.40 bits per heavy atom. The number of rotatable bonds is 6. The van der Waals surface area contributed by atoms with E-state index in [1.54, 1.807) is 11.3 Å². The van der Waals surface area contributed by atoms with Crippen molar-refractivity contribution >= 4 is 22.9 Å². The summed E-state index contributed by atoms with van der Waals surface area (Å²) in [4.78, 5) is 1.21. The topological polar surface area (TPSA) is 12.0 Å². The van der Waals surface area contributed by atoms with Gasteiger partial charge in [-0.3, -0.25) is 0 Å². The lowest BCUT2D eigenvalue weighted by molar-refractivity contribution is 0.639. The van der Waals surface area contributed by atoms with Gasteiger partial charge in [-0.15, -0.1) is 11.3 Å². The maximum atomic E-state index is 6.32. The van der Waals surface area contributed by atoms with Gasteiger partial charge in [0.25, 0.3) is 0 Å². The zero-order valence-electron chi connectivity index (χ0n) is 12.4. The minimum Gasteiger partial charge on any atom is -0.306 e. The Kier molecular flexibility index (Phi) is 5.64. The van der Waals surface area contributed by atoms with E-state index in [1.807, 2.05) is 6.07 Å². The third-order valence-corrected chi connectivity index (χ3v) is 5.06. The van der Waals surface area contributed by atoms with E-state index in [9.17, 15) is 0 Å². The lowest BCUT2D eigenvalue weighted by atomic mass is 9.96. The molecule has 0 bridgehead atoms. The van der Waals surface area contributed by atoms with Crippen LogP contribution >= 0.6 is 22.9 Å². The Labute approximate surface area is 131 Å². The summed E-state index contributed by atoms with van der Waals surface area (Å²) in [6, 6.07) is 9.01. The highest BCUT2D eigenvalue weighted by molar-refractivity contribution is 7.10. The van der Waals surface area contributed by atoms with E-state index >= 15 is 0 Å². The summed E-state index contributed by atoms with van der Waals surface area (Å²) in [5.74, 6) is 0. The molecule has 0 spiro atoms. The maximum absolute atomic E-state index is 6.32. The molecule has 1 aromatic heterocycles. The van der Waals surface area contributed by atoms with Gasteiger partial charge in [0.1, 0.15) is 0 Å². The second-order valence-corrected chi connectivity index (χ2v) is 6.21. The predicted octanol–water partition coefficient (Wildman–Crippen LogP) is 5.23. The van der Waals surface area contributed by atoms with Crippen LogP contribution in [-0.4, -0.2) is 6.54 Å². The van der Waals surface area contributed by atoms with Crippen molar-refractivity contribution in [3.05, 3.63) is 56.2 Å². The molecule has 0 fully saturated rings. The quantitative estimate of drug-likeness (QED) is 0.771. The van der Waals surface area contributed by atoms with Crippen LogP contribution in [0.5, 0.6) is 0 Å². The number of halogens is 1. The minimum atomic E-state index is 0.198. The molecule has 3 heteroatoms. The zero-order valence-corrected chi connectivity index (χ0v) is 13.9. The van der Waals surface area contributed by atoms with Crippen molar-refractivity contribution in [1.82, 2.24) is 5.32 Å².